The highest BCUT2D eigenvalue weighted by Crippen LogP contribution is 2.25. The predicted octanol–water partition coefficient (Wildman–Crippen LogP) is 1.03. The van der Waals surface area contributed by atoms with Gasteiger partial charge in [0.25, 0.3) is 5.56 Å². The third kappa shape index (κ3) is 2.60. The van der Waals surface area contributed by atoms with Gasteiger partial charge in [0.2, 0.25) is 0 Å². The van der Waals surface area contributed by atoms with Crippen LogP contribution in [-0.4, -0.2) is 45.8 Å². The molecule has 2 N–H and O–H groups in total. The van der Waals surface area contributed by atoms with Crippen molar-refractivity contribution in [2.45, 2.75) is 0 Å². The lowest BCUT2D eigenvalue weighted by atomic mass is 10.2. The molecule has 1 saturated heterocycles. The number of aromatic hydroxyl groups is 1. The summed E-state index contributed by atoms with van der Waals surface area (Å²) in [5, 5.41) is 13.8. The summed E-state index contributed by atoms with van der Waals surface area (Å²) in [6, 6.07) is 5.59. The smallest absolute Gasteiger partial charge is 0.281 e. The third-order valence-electron chi connectivity index (χ3n) is 4.30. The van der Waals surface area contributed by atoms with Crippen molar-refractivity contribution in [3.63, 3.8) is 0 Å². The Morgan fingerprint density at radius 2 is 1.96 bits per heavy atom. The molecule has 4 rings (SSSR count). The van der Waals surface area contributed by atoms with Gasteiger partial charge in [-0.1, -0.05) is 6.07 Å². The minimum atomic E-state index is -0.683. The number of nitrogens with one attached hydrogen (secondary N) is 1. The first-order valence-corrected chi connectivity index (χ1v) is 7.96. The molecule has 8 heteroatoms. The normalized spacial score (nSPS) is 14.8. The summed E-state index contributed by atoms with van der Waals surface area (Å²) in [5.41, 5.74) is -0.498. The van der Waals surface area contributed by atoms with Gasteiger partial charge in [0.1, 0.15) is 29.1 Å². The largest absolute Gasteiger partial charge is 0.506 e. The molecule has 0 spiro atoms. The van der Waals surface area contributed by atoms with Crippen molar-refractivity contribution in [1.82, 2.24) is 19.9 Å². The molecule has 0 aliphatic carbocycles. The number of fused-ring (bicyclic) bond motifs is 1. The maximum Gasteiger partial charge on any atom is 0.281 e. The molecule has 0 radical (unpaired) electrons. The molecule has 1 aliphatic rings. The van der Waals surface area contributed by atoms with E-state index in [1.54, 1.807) is 6.07 Å². The molecule has 1 fully saturated rings. The topological polar surface area (TPSA) is 83.3 Å². The van der Waals surface area contributed by atoms with Crippen LogP contribution in [0.2, 0.25) is 0 Å². The lowest BCUT2D eigenvalue weighted by molar-refractivity contribution is 0.464. The monoisotopic (exact) mass is 341 g/mol. The van der Waals surface area contributed by atoms with E-state index in [2.05, 4.69) is 20.2 Å². The van der Waals surface area contributed by atoms with E-state index in [9.17, 15) is 14.3 Å². The Balaban J connectivity index is 1.91. The number of aromatic nitrogens is 3. The van der Waals surface area contributed by atoms with Gasteiger partial charge in [-0.2, -0.15) is 0 Å². The van der Waals surface area contributed by atoms with E-state index < -0.39 is 11.4 Å². The number of phenols is 1. The Bertz CT molecular complexity index is 978. The number of hydrogen-bond acceptors (Lipinski definition) is 6. The van der Waals surface area contributed by atoms with Crippen LogP contribution in [0.5, 0.6) is 5.75 Å². The van der Waals surface area contributed by atoms with Crippen LogP contribution >= 0.6 is 0 Å². The number of anilines is 1. The molecule has 0 unspecified atom stereocenters. The predicted molar refractivity (Wildman–Crippen MR) is 91.8 cm³/mol. The number of pyridine rings is 1. The van der Waals surface area contributed by atoms with Crippen molar-refractivity contribution in [2.24, 2.45) is 0 Å². The first-order chi connectivity index (χ1) is 12.2. The van der Waals surface area contributed by atoms with Crippen LogP contribution in [0.4, 0.5) is 10.2 Å². The minimum absolute atomic E-state index is 0.184. The number of benzene rings is 1. The summed E-state index contributed by atoms with van der Waals surface area (Å²) in [6.45, 7) is 3.24. The fourth-order valence-corrected chi connectivity index (χ4v) is 3.09. The number of halogens is 1. The van der Waals surface area contributed by atoms with Crippen molar-refractivity contribution in [3.8, 4) is 11.4 Å². The summed E-state index contributed by atoms with van der Waals surface area (Å²) < 4.78 is 15.2. The highest BCUT2D eigenvalue weighted by molar-refractivity contribution is 5.88. The molecule has 128 valence electrons. The Kier molecular flexibility index (Phi) is 3.81. The van der Waals surface area contributed by atoms with Gasteiger partial charge in [-0.3, -0.25) is 9.36 Å². The highest BCUT2D eigenvalue weighted by atomic mass is 19.1. The van der Waals surface area contributed by atoms with Crippen LogP contribution in [0.1, 0.15) is 0 Å². The average molecular weight is 341 g/mol. The summed E-state index contributed by atoms with van der Waals surface area (Å²) >= 11 is 0. The molecule has 25 heavy (non-hydrogen) atoms. The maximum atomic E-state index is 14.1. The maximum absolute atomic E-state index is 14.1. The Morgan fingerprint density at radius 1 is 1.16 bits per heavy atom. The molecule has 0 bridgehead atoms. The lowest BCUT2D eigenvalue weighted by Crippen LogP contribution is -2.44. The zero-order chi connectivity index (χ0) is 17.4. The van der Waals surface area contributed by atoms with Crippen molar-refractivity contribution in [3.05, 3.63) is 53.0 Å². The van der Waals surface area contributed by atoms with E-state index in [-0.39, 0.29) is 17.0 Å². The summed E-state index contributed by atoms with van der Waals surface area (Å²) in [4.78, 5) is 23.3. The number of phenolic OH excluding ortho intramolecular Hbond substituents is 1. The van der Waals surface area contributed by atoms with Crippen LogP contribution in [0.25, 0.3) is 16.6 Å². The summed E-state index contributed by atoms with van der Waals surface area (Å²) in [7, 11) is 0. The van der Waals surface area contributed by atoms with Gasteiger partial charge >= 0.3 is 0 Å². The summed E-state index contributed by atoms with van der Waals surface area (Å²) in [6.07, 6.45) is 2.78. The standard InChI is InChI=1S/C17H16FN5O2/c18-12-2-1-3-13(24)15(12)23-7-4-11-14(17(23)25)20-10-21-16(11)22-8-5-19-6-9-22/h1-4,7,10,19,24H,5-6,8-9H2. The zero-order valence-corrected chi connectivity index (χ0v) is 13.3. The molecule has 0 atom stereocenters. The number of para-hydroxylation sites is 1. The van der Waals surface area contributed by atoms with Gasteiger partial charge in [-0.05, 0) is 18.2 Å². The SMILES string of the molecule is O=c1c2ncnc(N3CCNCC3)c2ccn1-c1c(O)cccc1F. The van der Waals surface area contributed by atoms with Crippen molar-refractivity contribution in [1.29, 1.82) is 0 Å². The molecule has 3 heterocycles. The van der Waals surface area contributed by atoms with Crippen LogP contribution in [0.15, 0.2) is 41.6 Å². The van der Waals surface area contributed by atoms with Gasteiger partial charge < -0.3 is 15.3 Å². The van der Waals surface area contributed by atoms with Gasteiger partial charge in [0, 0.05) is 32.4 Å². The number of hydrogen-bond donors (Lipinski definition) is 2. The van der Waals surface area contributed by atoms with E-state index in [4.69, 9.17) is 0 Å². The molecule has 0 amide bonds. The molecular formula is C17H16FN5O2. The third-order valence-corrected chi connectivity index (χ3v) is 4.30. The molecule has 0 saturated carbocycles. The Morgan fingerprint density at radius 3 is 2.72 bits per heavy atom. The molecule has 2 aromatic heterocycles. The lowest BCUT2D eigenvalue weighted by Gasteiger charge is -2.29. The second kappa shape index (κ2) is 6.14. The molecular weight excluding hydrogens is 325 g/mol. The van der Waals surface area contributed by atoms with Crippen LogP contribution in [0, 0.1) is 5.82 Å². The molecule has 1 aliphatic heterocycles. The van der Waals surface area contributed by atoms with Gasteiger partial charge in [-0.15, -0.1) is 0 Å². The van der Waals surface area contributed by atoms with E-state index in [0.29, 0.717) is 11.2 Å². The van der Waals surface area contributed by atoms with E-state index in [1.165, 1.54) is 30.7 Å². The van der Waals surface area contributed by atoms with Gasteiger partial charge in [0.05, 0.1) is 5.39 Å². The first kappa shape index (κ1) is 15.5. The van der Waals surface area contributed by atoms with Crippen LogP contribution < -0.4 is 15.8 Å². The minimum Gasteiger partial charge on any atom is -0.506 e. The first-order valence-electron chi connectivity index (χ1n) is 7.96. The molecule has 7 nitrogen and oxygen atoms in total. The summed E-state index contributed by atoms with van der Waals surface area (Å²) in [5.74, 6) is -0.302. The van der Waals surface area contributed by atoms with Gasteiger partial charge in [-0.25, -0.2) is 14.4 Å². The van der Waals surface area contributed by atoms with Crippen LogP contribution in [0.3, 0.4) is 0 Å². The second-order valence-corrected chi connectivity index (χ2v) is 5.80. The highest BCUT2D eigenvalue weighted by Gasteiger charge is 2.19. The van der Waals surface area contributed by atoms with E-state index in [0.717, 1.165) is 30.7 Å². The van der Waals surface area contributed by atoms with E-state index >= 15 is 0 Å². The van der Waals surface area contributed by atoms with Crippen molar-refractivity contribution in [2.75, 3.05) is 31.1 Å². The fraction of sp³-hybridized carbons (Fsp3) is 0.235. The quantitative estimate of drug-likeness (QED) is 0.725. The van der Waals surface area contributed by atoms with E-state index in [1.807, 2.05) is 0 Å². The average Bonchev–Trinajstić information content (AvgIpc) is 2.64. The number of rotatable bonds is 2. The van der Waals surface area contributed by atoms with Crippen molar-refractivity contribution >= 4 is 16.7 Å². The fourth-order valence-electron chi connectivity index (χ4n) is 3.09. The number of nitrogens with zero attached hydrogens (tertiary/aromatic N) is 4. The zero-order valence-electron chi connectivity index (χ0n) is 13.3. The van der Waals surface area contributed by atoms with Crippen molar-refractivity contribution < 1.29 is 9.50 Å². The van der Waals surface area contributed by atoms with Gasteiger partial charge in [0.15, 0.2) is 5.82 Å². The van der Waals surface area contributed by atoms with Crippen LogP contribution in [-0.2, 0) is 0 Å². The Labute approximate surface area is 142 Å². The molecule has 1 aromatic carbocycles. The Hall–Kier alpha value is -3.00. The second-order valence-electron chi connectivity index (χ2n) is 5.80. The number of piperazine rings is 1. The molecule has 3 aromatic rings.